The third-order valence-electron chi connectivity index (χ3n) is 4.30. The molecule has 0 saturated carbocycles. The Labute approximate surface area is 219 Å². The SMILES string of the molecule is CC(C)COC(=O)Nc1cc(NC(=O)OCC(C)C)cc(OC(F)=C(F)C(F)(F)C(F)(F)C(F)(F)C(F)(F)F)c1. The van der Waals surface area contributed by atoms with Crippen LogP contribution in [0.2, 0.25) is 0 Å². The Kier molecular flexibility index (Phi) is 11.1. The molecule has 2 N–H and O–H groups in total. The van der Waals surface area contributed by atoms with Crippen LogP contribution in [-0.4, -0.2) is 49.3 Å². The van der Waals surface area contributed by atoms with E-state index in [0.717, 1.165) is 6.07 Å². The van der Waals surface area contributed by atoms with Gasteiger partial charge in [-0.25, -0.2) is 9.59 Å². The molecule has 1 aromatic carbocycles. The van der Waals surface area contributed by atoms with Crippen LogP contribution in [-0.2, 0) is 9.47 Å². The first kappa shape index (κ1) is 34.6. The van der Waals surface area contributed by atoms with Crippen LogP contribution in [0.4, 0.5) is 69.3 Å². The topological polar surface area (TPSA) is 85.9 Å². The molecule has 0 unspecified atom stereocenters. The number of allylic oxidation sites excluding steroid dienone is 1. The number of rotatable bonds is 11. The average Bonchev–Trinajstić information content (AvgIpc) is 2.79. The summed E-state index contributed by atoms with van der Waals surface area (Å²) in [6, 6.07) is -1.30. The van der Waals surface area contributed by atoms with E-state index in [-0.39, 0.29) is 25.0 Å². The summed E-state index contributed by atoms with van der Waals surface area (Å²) in [5.74, 6) is -27.6. The summed E-state index contributed by atoms with van der Waals surface area (Å²) < 4.78 is 159. The maximum absolute atomic E-state index is 14.1. The predicted molar refractivity (Wildman–Crippen MR) is 117 cm³/mol. The lowest BCUT2D eigenvalue weighted by molar-refractivity contribution is -0.392. The van der Waals surface area contributed by atoms with E-state index >= 15 is 0 Å². The number of amides is 2. The van der Waals surface area contributed by atoms with Gasteiger partial charge in [0.15, 0.2) is 0 Å². The van der Waals surface area contributed by atoms with Crippen LogP contribution in [0, 0.1) is 11.8 Å². The van der Waals surface area contributed by atoms with Crippen LogP contribution in [0.25, 0.3) is 0 Å². The van der Waals surface area contributed by atoms with Gasteiger partial charge in [-0.15, -0.1) is 0 Å². The number of alkyl halides is 9. The molecule has 0 aliphatic rings. The summed E-state index contributed by atoms with van der Waals surface area (Å²) in [6.07, 6.45) is -9.57. The van der Waals surface area contributed by atoms with E-state index in [9.17, 15) is 57.9 Å². The van der Waals surface area contributed by atoms with Crippen molar-refractivity contribution in [3.8, 4) is 5.75 Å². The molecule has 18 heteroatoms. The lowest BCUT2D eigenvalue weighted by Crippen LogP contribution is -2.61. The van der Waals surface area contributed by atoms with E-state index in [1.54, 1.807) is 27.7 Å². The van der Waals surface area contributed by atoms with Crippen molar-refractivity contribution in [1.29, 1.82) is 0 Å². The zero-order chi connectivity index (χ0) is 31.3. The van der Waals surface area contributed by atoms with Crippen molar-refractivity contribution < 1.29 is 72.1 Å². The van der Waals surface area contributed by atoms with Gasteiger partial charge in [0.05, 0.1) is 13.2 Å². The number of carbonyl (C=O) groups is 2. The first-order valence-electron chi connectivity index (χ1n) is 11.0. The molecular formula is C22H23F11N2O5. The van der Waals surface area contributed by atoms with Gasteiger partial charge in [-0.2, -0.15) is 48.3 Å². The molecule has 0 radical (unpaired) electrons. The average molecular weight is 604 g/mol. The Morgan fingerprint density at radius 1 is 0.725 bits per heavy atom. The molecule has 2 amide bonds. The van der Waals surface area contributed by atoms with Crippen molar-refractivity contribution in [3.05, 3.63) is 30.0 Å². The van der Waals surface area contributed by atoms with Crippen LogP contribution < -0.4 is 15.4 Å². The number of nitrogens with one attached hydrogen (secondary N) is 2. The first-order chi connectivity index (χ1) is 18.0. The number of hydrogen-bond donors (Lipinski definition) is 2. The Bertz CT molecular complexity index is 1050. The Balaban J connectivity index is 3.42. The van der Waals surface area contributed by atoms with E-state index in [1.165, 1.54) is 0 Å². The Morgan fingerprint density at radius 3 is 1.48 bits per heavy atom. The highest BCUT2D eigenvalue weighted by atomic mass is 19.4. The number of anilines is 2. The van der Waals surface area contributed by atoms with Crippen molar-refractivity contribution in [1.82, 2.24) is 0 Å². The Morgan fingerprint density at radius 2 is 1.12 bits per heavy atom. The maximum atomic E-state index is 14.1. The number of halogens is 11. The molecule has 1 aromatic rings. The van der Waals surface area contributed by atoms with Crippen LogP contribution in [0.1, 0.15) is 27.7 Å². The monoisotopic (exact) mass is 604 g/mol. The zero-order valence-electron chi connectivity index (χ0n) is 21.0. The largest absolute Gasteiger partial charge is 0.460 e. The summed E-state index contributed by atoms with van der Waals surface area (Å²) in [5.41, 5.74) is -0.918. The second kappa shape index (κ2) is 12.8. The number of benzene rings is 1. The number of carbonyl (C=O) groups excluding carboxylic acids is 2. The van der Waals surface area contributed by atoms with Crippen molar-refractivity contribution in [2.45, 2.75) is 51.6 Å². The maximum Gasteiger partial charge on any atom is 0.460 e. The molecule has 228 valence electrons. The molecule has 7 nitrogen and oxygen atoms in total. The zero-order valence-corrected chi connectivity index (χ0v) is 21.0. The van der Waals surface area contributed by atoms with E-state index in [1.807, 2.05) is 10.6 Å². The predicted octanol–water partition coefficient (Wildman–Crippen LogP) is 8.05. The molecule has 0 aromatic heterocycles. The third kappa shape index (κ3) is 8.51. The number of hydrogen-bond acceptors (Lipinski definition) is 5. The molecule has 0 aliphatic heterocycles. The van der Waals surface area contributed by atoms with Gasteiger partial charge in [0.25, 0.3) is 0 Å². The van der Waals surface area contributed by atoms with Crippen molar-refractivity contribution in [2.75, 3.05) is 23.8 Å². The molecule has 0 atom stereocenters. The fourth-order valence-electron chi connectivity index (χ4n) is 2.38. The summed E-state index contributed by atoms with van der Waals surface area (Å²) in [5, 5.41) is 4.07. The van der Waals surface area contributed by atoms with Gasteiger partial charge in [0.2, 0.25) is 5.83 Å². The standard InChI is InChI=1S/C22H23F11N2O5/c1-10(2)8-38-17(36)34-12-5-13(35-18(37)39-9-11(3)4)7-14(6-12)40-16(24)15(23)19(25,26)20(27,28)21(29,30)22(31,32)33/h5-7,10-11H,8-9H2,1-4H3,(H,34,36)(H,35,37). The minimum atomic E-state index is -7.50. The summed E-state index contributed by atoms with van der Waals surface area (Å²) in [6.45, 7) is 6.45. The molecule has 0 bridgehead atoms. The molecule has 0 spiro atoms. The van der Waals surface area contributed by atoms with E-state index < -0.39 is 65.1 Å². The van der Waals surface area contributed by atoms with Gasteiger partial charge in [-0.3, -0.25) is 10.6 Å². The van der Waals surface area contributed by atoms with E-state index in [0.29, 0.717) is 12.1 Å². The molecule has 40 heavy (non-hydrogen) atoms. The van der Waals surface area contributed by atoms with Gasteiger partial charge in [0.1, 0.15) is 5.75 Å². The van der Waals surface area contributed by atoms with E-state index in [4.69, 9.17) is 9.47 Å². The molecule has 0 saturated heterocycles. The normalized spacial score (nSPS) is 13.6. The lowest BCUT2D eigenvalue weighted by Gasteiger charge is -2.32. The minimum absolute atomic E-state index is 0.108. The highest BCUT2D eigenvalue weighted by Crippen LogP contribution is 2.55. The van der Waals surface area contributed by atoms with Gasteiger partial charge in [-0.05, 0) is 17.9 Å². The summed E-state index contributed by atoms with van der Waals surface area (Å²) >= 11 is 0. The van der Waals surface area contributed by atoms with Crippen molar-refractivity contribution in [2.24, 2.45) is 11.8 Å². The van der Waals surface area contributed by atoms with Crippen LogP contribution in [0.5, 0.6) is 5.75 Å². The molecule has 0 fully saturated rings. The van der Waals surface area contributed by atoms with Crippen LogP contribution in [0.3, 0.4) is 0 Å². The minimum Gasteiger partial charge on any atom is -0.449 e. The van der Waals surface area contributed by atoms with Crippen molar-refractivity contribution in [3.63, 3.8) is 0 Å². The fourth-order valence-corrected chi connectivity index (χ4v) is 2.38. The van der Waals surface area contributed by atoms with Gasteiger partial charge >= 0.3 is 42.1 Å². The van der Waals surface area contributed by atoms with Gasteiger partial charge in [-0.1, -0.05) is 27.7 Å². The summed E-state index contributed by atoms with van der Waals surface area (Å²) in [4.78, 5) is 23.8. The fraction of sp³-hybridized carbons (Fsp3) is 0.545. The van der Waals surface area contributed by atoms with Gasteiger partial charge in [0, 0.05) is 23.5 Å². The second-order valence-corrected chi connectivity index (χ2v) is 8.89. The Hall–Kier alpha value is -3.47. The molecule has 0 aliphatic carbocycles. The van der Waals surface area contributed by atoms with Crippen LogP contribution >= 0.6 is 0 Å². The quantitative estimate of drug-likeness (QED) is 0.197. The van der Waals surface area contributed by atoms with Crippen molar-refractivity contribution >= 4 is 23.6 Å². The smallest absolute Gasteiger partial charge is 0.449 e. The second-order valence-electron chi connectivity index (χ2n) is 8.89. The number of ether oxygens (including phenoxy) is 3. The highest BCUT2D eigenvalue weighted by molar-refractivity contribution is 5.89. The summed E-state index contributed by atoms with van der Waals surface area (Å²) in [7, 11) is 0. The lowest BCUT2D eigenvalue weighted by atomic mass is 10.0. The molecule has 1 rings (SSSR count). The molecular weight excluding hydrogens is 581 g/mol. The van der Waals surface area contributed by atoms with E-state index in [2.05, 4.69) is 4.74 Å². The first-order valence-corrected chi connectivity index (χ1v) is 11.0. The molecule has 0 heterocycles. The van der Waals surface area contributed by atoms with Crippen LogP contribution in [0.15, 0.2) is 30.0 Å². The third-order valence-corrected chi connectivity index (χ3v) is 4.30. The highest BCUT2D eigenvalue weighted by Gasteiger charge is 2.83. The van der Waals surface area contributed by atoms with Gasteiger partial charge < -0.3 is 14.2 Å².